The molecule has 28 heavy (non-hydrogen) atoms. The molecule has 1 heterocycles. The lowest BCUT2D eigenvalue weighted by Gasteiger charge is -2.08. The van der Waals surface area contributed by atoms with E-state index >= 15 is 0 Å². The fourth-order valence-electron chi connectivity index (χ4n) is 2.93. The molecule has 0 aromatic heterocycles. The molecule has 3 N–H and O–H groups in total. The fraction of sp³-hybridized carbons (Fsp3) is 0.300. The molecule has 3 rings (SSSR count). The van der Waals surface area contributed by atoms with E-state index in [0.29, 0.717) is 29.3 Å². The Bertz CT molecular complexity index is 969. The third-order valence-corrected chi connectivity index (χ3v) is 5.84. The van der Waals surface area contributed by atoms with Crippen LogP contribution in [0.2, 0.25) is 0 Å². The molecule has 0 saturated carbocycles. The Morgan fingerprint density at radius 2 is 1.86 bits per heavy atom. The quantitative estimate of drug-likeness (QED) is 0.702. The summed E-state index contributed by atoms with van der Waals surface area (Å²) in [6.07, 6.45) is 3.72. The predicted octanol–water partition coefficient (Wildman–Crippen LogP) is 1.28. The number of carbonyl (C=O) groups excluding carboxylic acids is 1. The molecule has 2 aromatic rings. The van der Waals surface area contributed by atoms with Gasteiger partial charge in [-0.25, -0.2) is 0 Å². The summed E-state index contributed by atoms with van der Waals surface area (Å²) < 4.78 is 33.1. The smallest absolute Gasteiger partial charge is 0.328 e. The van der Waals surface area contributed by atoms with E-state index in [-0.39, 0.29) is 10.8 Å². The molecule has 1 aliphatic heterocycles. The molecule has 0 aliphatic carbocycles. The number of carbonyl (C=O) groups is 1. The summed E-state index contributed by atoms with van der Waals surface area (Å²) in [4.78, 5) is 15.6. The molecule has 1 aliphatic rings. The highest BCUT2D eigenvalue weighted by Gasteiger charge is 2.23. The minimum absolute atomic E-state index is 0.0959. The fourth-order valence-corrected chi connectivity index (χ4v) is 4.08. The first-order chi connectivity index (χ1) is 13.5. The van der Waals surface area contributed by atoms with Gasteiger partial charge in [-0.05, 0) is 61.7 Å². The summed E-state index contributed by atoms with van der Waals surface area (Å²) >= 11 is 0. The summed E-state index contributed by atoms with van der Waals surface area (Å²) in [7, 11) is -2.17. The van der Waals surface area contributed by atoms with Gasteiger partial charge in [0, 0.05) is 17.7 Å². The van der Waals surface area contributed by atoms with Crippen LogP contribution < -0.4 is 19.8 Å². The molecule has 0 saturated heterocycles. The molecule has 8 heteroatoms. The summed E-state index contributed by atoms with van der Waals surface area (Å²) in [5, 5.41) is 2.73. The van der Waals surface area contributed by atoms with E-state index in [1.54, 1.807) is 43.5 Å². The van der Waals surface area contributed by atoms with Crippen molar-refractivity contribution in [2.24, 2.45) is 0 Å². The summed E-state index contributed by atoms with van der Waals surface area (Å²) in [6.45, 7) is 0.760. The number of sulfonamides is 1. The molecule has 0 radical (unpaired) electrons. The number of rotatable bonds is 5. The zero-order valence-corrected chi connectivity index (χ0v) is 16.5. The molecular formula is C20H24N3O4S+. The van der Waals surface area contributed by atoms with Crippen molar-refractivity contribution in [3.63, 3.8) is 0 Å². The van der Waals surface area contributed by atoms with E-state index < -0.39 is 10.0 Å². The molecule has 0 atom stereocenters. The SMILES string of the molecule is COc1ccc(C(=O)Nc2cccc(S(=O)(=O)NC3=[NH+]CCCCC3)c2)cc1. The standard InChI is InChI=1S/C20H23N3O4S/c1-27-17-11-9-15(10-12-17)20(24)22-16-6-5-7-18(14-16)28(25,26)23-19-8-3-2-4-13-21-19/h5-7,9-12,14H,2-4,8,13H2,1H3,(H,21,23)(H,22,24)/p+1. The maximum Gasteiger partial charge on any atom is 0.328 e. The van der Waals surface area contributed by atoms with E-state index in [1.807, 2.05) is 0 Å². The van der Waals surface area contributed by atoms with Crippen LogP contribution in [0, 0.1) is 0 Å². The lowest BCUT2D eigenvalue weighted by Crippen LogP contribution is -2.76. The van der Waals surface area contributed by atoms with Crippen molar-refractivity contribution in [2.45, 2.75) is 30.6 Å². The van der Waals surface area contributed by atoms with E-state index in [1.165, 1.54) is 12.1 Å². The Morgan fingerprint density at radius 3 is 2.61 bits per heavy atom. The van der Waals surface area contributed by atoms with Gasteiger partial charge in [-0.15, -0.1) is 0 Å². The Balaban J connectivity index is 1.73. The largest absolute Gasteiger partial charge is 0.497 e. The van der Waals surface area contributed by atoms with Crippen molar-refractivity contribution >= 4 is 27.5 Å². The molecule has 1 amide bonds. The van der Waals surface area contributed by atoms with Crippen molar-refractivity contribution in [1.29, 1.82) is 0 Å². The highest BCUT2D eigenvalue weighted by atomic mass is 32.2. The van der Waals surface area contributed by atoms with Gasteiger partial charge in [0.15, 0.2) is 0 Å². The summed E-state index contributed by atoms with van der Waals surface area (Å²) in [6, 6.07) is 12.9. The number of nitrogens with one attached hydrogen (secondary N) is 3. The maximum atomic E-state index is 12.7. The minimum atomic E-state index is -3.73. The van der Waals surface area contributed by atoms with Crippen LogP contribution in [-0.4, -0.2) is 33.8 Å². The van der Waals surface area contributed by atoms with Crippen molar-refractivity contribution < 1.29 is 22.9 Å². The lowest BCUT2D eigenvalue weighted by molar-refractivity contribution is -0.459. The van der Waals surface area contributed by atoms with Crippen molar-refractivity contribution in [3.8, 4) is 5.75 Å². The van der Waals surface area contributed by atoms with Crippen LogP contribution in [0.5, 0.6) is 5.75 Å². The van der Waals surface area contributed by atoms with Crippen LogP contribution in [0.25, 0.3) is 0 Å². The Labute approximate surface area is 164 Å². The van der Waals surface area contributed by atoms with Gasteiger partial charge in [-0.1, -0.05) is 6.07 Å². The van der Waals surface area contributed by atoms with Gasteiger partial charge in [0.1, 0.15) is 10.6 Å². The van der Waals surface area contributed by atoms with Crippen LogP contribution in [0.1, 0.15) is 36.0 Å². The Morgan fingerprint density at radius 1 is 1.07 bits per heavy atom. The van der Waals surface area contributed by atoms with Crippen molar-refractivity contribution in [2.75, 3.05) is 19.0 Å². The average Bonchev–Trinajstić information content (AvgIpc) is 2.96. The molecule has 0 spiro atoms. The lowest BCUT2D eigenvalue weighted by atomic mass is 10.2. The zero-order valence-electron chi connectivity index (χ0n) is 15.7. The molecular weight excluding hydrogens is 378 g/mol. The van der Waals surface area contributed by atoms with Crippen LogP contribution in [0.3, 0.4) is 0 Å². The van der Waals surface area contributed by atoms with Crippen LogP contribution in [0.4, 0.5) is 5.69 Å². The molecule has 0 fully saturated rings. The number of methoxy groups -OCH3 is 1. The number of amides is 1. The number of anilines is 1. The van der Waals surface area contributed by atoms with Crippen LogP contribution >= 0.6 is 0 Å². The first-order valence-electron chi connectivity index (χ1n) is 9.16. The third-order valence-electron chi connectivity index (χ3n) is 4.45. The topological polar surface area (TPSA) is 98.5 Å². The second-order valence-corrected chi connectivity index (χ2v) is 8.21. The maximum absolute atomic E-state index is 12.7. The van der Waals surface area contributed by atoms with E-state index in [2.05, 4.69) is 15.0 Å². The molecule has 7 nitrogen and oxygen atoms in total. The zero-order chi connectivity index (χ0) is 20.0. The van der Waals surface area contributed by atoms with E-state index in [0.717, 1.165) is 25.8 Å². The van der Waals surface area contributed by atoms with Gasteiger partial charge in [-0.3, -0.25) is 9.79 Å². The van der Waals surface area contributed by atoms with Crippen LogP contribution in [-0.2, 0) is 10.0 Å². The minimum Gasteiger partial charge on any atom is -0.497 e. The number of hydrogen-bond acceptors (Lipinski definition) is 4. The second-order valence-electron chi connectivity index (χ2n) is 6.53. The average molecular weight is 402 g/mol. The molecule has 2 aromatic carbocycles. The van der Waals surface area contributed by atoms with Gasteiger partial charge in [0.2, 0.25) is 0 Å². The Hall–Kier alpha value is -2.87. The highest BCUT2D eigenvalue weighted by Crippen LogP contribution is 2.18. The monoisotopic (exact) mass is 402 g/mol. The molecule has 148 valence electrons. The van der Waals surface area contributed by atoms with Crippen LogP contribution in [0.15, 0.2) is 53.4 Å². The number of ether oxygens (including phenoxy) is 1. The predicted molar refractivity (Wildman–Crippen MR) is 107 cm³/mol. The normalized spacial score (nSPS) is 14.5. The van der Waals surface area contributed by atoms with E-state index in [9.17, 15) is 13.2 Å². The van der Waals surface area contributed by atoms with Gasteiger partial charge in [0.05, 0.1) is 13.7 Å². The van der Waals surface area contributed by atoms with Gasteiger partial charge in [0.25, 0.3) is 11.7 Å². The van der Waals surface area contributed by atoms with Crippen molar-refractivity contribution in [1.82, 2.24) is 4.72 Å². The number of amidine groups is 1. The van der Waals surface area contributed by atoms with Crippen molar-refractivity contribution in [3.05, 3.63) is 54.1 Å². The number of hydrogen-bond donors (Lipinski definition) is 3. The first-order valence-corrected chi connectivity index (χ1v) is 10.6. The van der Waals surface area contributed by atoms with E-state index in [4.69, 9.17) is 4.74 Å². The molecule has 0 bridgehead atoms. The van der Waals surface area contributed by atoms with Gasteiger partial charge < -0.3 is 10.1 Å². The number of benzene rings is 2. The summed E-state index contributed by atoms with van der Waals surface area (Å²) in [5.74, 6) is 0.940. The first kappa shape index (κ1) is 19.9. The summed E-state index contributed by atoms with van der Waals surface area (Å²) in [5.41, 5.74) is 0.855. The molecule has 0 unspecified atom stereocenters. The third kappa shape index (κ3) is 5.10. The Kier molecular flexibility index (Phi) is 6.30. The van der Waals surface area contributed by atoms with Gasteiger partial charge in [-0.2, -0.15) is 13.1 Å². The highest BCUT2D eigenvalue weighted by molar-refractivity contribution is 7.90. The second kappa shape index (κ2) is 8.88. The van der Waals surface area contributed by atoms with Gasteiger partial charge >= 0.3 is 10.0 Å².